The average Bonchev–Trinajstić information content (AvgIpc) is 3.62. The Balaban J connectivity index is 0.000000185. The van der Waals surface area contributed by atoms with Crippen LogP contribution in [0.5, 0.6) is 0 Å². The standard InChI is InChI=1S/C36H28N2.C18H13N/c37-30-23-21-29(22-24-30)31-32(25-13-5-1-6-14-25)34(27-17-9-3-10-18-27)36(38)35(28-19-11-4-12-20-28)33(31)26-15-7-2-8-16-26;1-2-8-14(9-3-1)19-17-12-6-4-10-15(17)16-11-5-7-13-18(16)19/h1-24H,37-38H2;1-13H. The largest absolute Gasteiger partial charge is 0.399 e. The van der Waals surface area contributed by atoms with Gasteiger partial charge in [-0.3, -0.25) is 0 Å². The van der Waals surface area contributed by atoms with Crippen LogP contribution in [-0.4, -0.2) is 4.57 Å². The van der Waals surface area contributed by atoms with Crippen molar-refractivity contribution in [3.05, 3.63) is 224 Å². The van der Waals surface area contributed by atoms with E-state index in [9.17, 15) is 0 Å². The lowest BCUT2D eigenvalue weighted by molar-refractivity contribution is 1.18. The predicted octanol–water partition coefficient (Wildman–Crippen LogP) is 14.0. The molecule has 0 fully saturated rings. The zero-order valence-corrected chi connectivity index (χ0v) is 31.5. The molecular weight excluding hydrogens is 691 g/mol. The van der Waals surface area contributed by atoms with Gasteiger partial charge in [-0.1, -0.05) is 188 Å². The van der Waals surface area contributed by atoms with Gasteiger partial charge >= 0.3 is 0 Å². The molecule has 0 spiro atoms. The van der Waals surface area contributed by atoms with Crippen LogP contribution in [0.4, 0.5) is 11.4 Å². The Labute approximate surface area is 333 Å². The van der Waals surface area contributed by atoms with Gasteiger partial charge in [-0.05, 0) is 69.8 Å². The fourth-order valence-electron chi connectivity index (χ4n) is 8.08. The van der Waals surface area contributed by atoms with E-state index < -0.39 is 0 Å². The average molecular weight is 732 g/mol. The minimum Gasteiger partial charge on any atom is -0.399 e. The molecule has 57 heavy (non-hydrogen) atoms. The van der Waals surface area contributed by atoms with E-state index in [1.807, 2.05) is 36.4 Å². The van der Waals surface area contributed by atoms with Gasteiger partial charge in [-0.2, -0.15) is 0 Å². The molecule has 4 N–H and O–H groups in total. The van der Waals surface area contributed by atoms with Crippen LogP contribution in [0.2, 0.25) is 0 Å². The van der Waals surface area contributed by atoms with Crippen molar-refractivity contribution in [2.24, 2.45) is 0 Å². The Morgan fingerprint density at radius 2 is 0.561 bits per heavy atom. The Morgan fingerprint density at radius 3 is 0.965 bits per heavy atom. The van der Waals surface area contributed by atoms with Gasteiger partial charge in [0.1, 0.15) is 0 Å². The maximum Gasteiger partial charge on any atom is 0.0541 e. The first-order valence-corrected chi connectivity index (χ1v) is 19.3. The second-order valence-corrected chi connectivity index (χ2v) is 14.1. The summed E-state index contributed by atoms with van der Waals surface area (Å²) in [7, 11) is 0. The lowest BCUT2D eigenvalue weighted by Crippen LogP contribution is -2.03. The normalized spacial score (nSPS) is 10.9. The Kier molecular flexibility index (Phi) is 9.62. The molecule has 0 saturated heterocycles. The van der Waals surface area contributed by atoms with Crippen molar-refractivity contribution in [3.8, 4) is 61.3 Å². The van der Waals surface area contributed by atoms with E-state index in [4.69, 9.17) is 11.5 Å². The number of nitrogen functional groups attached to an aromatic ring is 2. The molecule has 10 aromatic rings. The van der Waals surface area contributed by atoms with Crippen LogP contribution in [0.3, 0.4) is 0 Å². The van der Waals surface area contributed by atoms with Crippen molar-refractivity contribution in [3.63, 3.8) is 0 Å². The van der Waals surface area contributed by atoms with Gasteiger partial charge in [0.2, 0.25) is 0 Å². The maximum absolute atomic E-state index is 7.27. The summed E-state index contributed by atoms with van der Waals surface area (Å²) in [6.45, 7) is 0. The number of benzene rings is 9. The summed E-state index contributed by atoms with van der Waals surface area (Å²) in [6, 6.07) is 77.9. The van der Waals surface area contributed by atoms with E-state index in [-0.39, 0.29) is 0 Å². The van der Waals surface area contributed by atoms with Gasteiger partial charge in [0.05, 0.1) is 11.0 Å². The van der Waals surface area contributed by atoms with Crippen LogP contribution >= 0.6 is 0 Å². The molecular formula is C54H41N3. The van der Waals surface area contributed by atoms with Gasteiger partial charge in [0.25, 0.3) is 0 Å². The van der Waals surface area contributed by atoms with Crippen molar-refractivity contribution in [1.82, 2.24) is 4.57 Å². The predicted molar refractivity (Wildman–Crippen MR) is 243 cm³/mol. The number of hydrogen-bond acceptors (Lipinski definition) is 2. The van der Waals surface area contributed by atoms with Crippen molar-refractivity contribution in [2.45, 2.75) is 0 Å². The lowest BCUT2D eigenvalue weighted by atomic mass is 9.77. The van der Waals surface area contributed by atoms with Crippen molar-refractivity contribution in [2.75, 3.05) is 11.5 Å². The van der Waals surface area contributed by atoms with E-state index in [2.05, 4.69) is 193 Å². The summed E-state index contributed by atoms with van der Waals surface area (Å²) in [6.07, 6.45) is 0. The molecule has 0 atom stereocenters. The van der Waals surface area contributed by atoms with Crippen LogP contribution in [0.1, 0.15) is 0 Å². The summed E-state index contributed by atoms with van der Waals surface area (Å²) in [4.78, 5) is 0. The molecule has 3 nitrogen and oxygen atoms in total. The molecule has 0 unspecified atom stereocenters. The topological polar surface area (TPSA) is 57.0 Å². The number of hydrogen-bond donors (Lipinski definition) is 2. The molecule has 0 aliphatic heterocycles. The number of nitrogens with two attached hydrogens (primary N) is 2. The molecule has 0 amide bonds. The first-order valence-electron chi connectivity index (χ1n) is 19.3. The first-order chi connectivity index (χ1) is 28.2. The third kappa shape index (κ3) is 6.73. The molecule has 0 aliphatic rings. The van der Waals surface area contributed by atoms with Crippen molar-refractivity contribution >= 4 is 33.2 Å². The summed E-state index contributed by atoms with van der Waals surface area (Å²) in [5, 5.41) is 2.61. The maximum atomic E-state index is 7.27. The van der Waals surface area contributed by atoms with Crippen molar-refractivity contribution in [1.29, 1.82) is 0 Å². The fraction of sp³-hybridized carbons (Fsp3) is 0. The second kappa shape index (κ2) is 15.6. The first kappa shape index (κ1) is 35.1. The van der Waals surface area contributed by atoms with Crippen LogP contribution < -0.4 is 11.5 Å². The fourth-order valence-corrected chi connectivity index (χ4v) is 8.08. The molecule has 272 valence electrons. The molecule has 1 aromatic heterocycles. The molecule has 0 radical (unpaired) electrons. The lowest BCUT2D eigenvalue weighted by Gasteiger charge is -2.27. The number of anilines is 2. The van der Waals surface area contributed by atoms with Crippen LogP contribution in [0.15, 0.2) is 224 Å². The zero-order valence-electron chi connectivity index (χ0n) is 31.5. The summed E-state index contributed by atoms with van der Waals surface area (Å²) in [5.74, 6) is 0. The van der Waals surface area contributed by atoms with Gasteiger partial charge in [-0.25, -0.2) is 0 Å². The van der Waals surface area contributed by atoms with Crippen LogP contribution in [-0.2, 0) is 0 Å². The number of rotatable bonds is 6. The van der Waals surface area contributed by atoms with Crippen LogP contribution in [0.25, 0.3) is 83.1 Å². The van der Waals surface area contributed by atoms with E-state index in [1.54, 1.807) is 0 Å². The van der Waals surface area contributed by atoms with Gasteiger partial charge in [-0.15, -0.1) is 0 Å². The third-order valence-corrected chi connectivity index (χ3v) is 10.6. The monoisotopic (exact) mass is 731 g/mol. The molecule has 0 saturated carbocycles. The van der Waals surface area contributed by atoms with Crippen LogP contribution in [0, 0.1) is 0 Å². The van der Waals surface area contributed by atoms with E-state index in [0.717, 1.165) is 67.0 Å². The van der Waals surface area contributed by atoms with Crippen molar-refractivity contribution < 1.29 is 0 Å². The van der Waals surface area contributed by atoms with E-state index in [1.165, 1.54) is 27.5 Å². The number of nitrogens with zero attached hydrogens (tertiary/aromatic N) is 1. The summed E-state index contributed by atoms with van der Waals surface area (Å²) in [5.41, 5.74) is 29.5. The molecule has 3 heteroatoms. The molecule has 0 aliphatic carbocycles. The number of para-hydroxylation sites is 3. The Morgan fingerprint density at radius 1 is 0.263 bits per heavy atom. The molecule has 1 heterocycles. The minimum atomic E-state index is 0.735. The highest BCUT2D eigenvalue weighted by Crippen LogP contribution is 2.54. The van der Waals surface area contributed by atoms with Gasteiger partial charge in [0, 0.05) is 50.1 Å². The highest BCUT2D eigenvalue weighted by atomic mass is 15.0. The Bertz CT molecular complexity index is 2760. The molecule has 9 aromatic carbocycles. The highest BCUT2D eigenvalue weighted by molar-refractivity contribution is 6.13. The van der Waals surface area contributed by atoms with Gasteiger partial charge in [0.15, 0.2) is 0 Å². The highest BCUT2D eigenvalue weighted by Gasteiger charge is 2.27. The van der Waals surface area contributed by atoms with E-state index >= 15 is 0 Å². The quantitative estimate of drug-likeness (QED) is 0.167. The minimum absolute atomic E-state index is 0.735. The smallest absolute Gasteiger partial charge is 0.0541 e. The number of aromatic nitrogens is 1. The molecule has 0 bridgehead atoms. The zero-order chi connectivity index (χ0) is 38.6. The second-order valence-electron chi connectivity index (χ2n) is 14.1. The third-order valence-electron chi connectivity index (χ3n) is 10.6. The summed E-state index contributed by atoms with van der Waals surface area (Å²) >= 11 is 0. The summed E-state index contributed by atoms with van der Waals surface area (Å²) < 4.78 is 2.32. The number of fused-ring (bicyclic) bond motifs is 3. The Hall–Kier alpha value is -7.62. The van der Waals surface area contributed by atoms with E-state index in [0.29, 0.717) is 0 Å². The van der Waals surface area contributed by atoms with Gasteiger partial charge < -0.3 is 16.0 Å². The SMILES string of the molecule is Nc1ccc(-c2c(-c3ccccc3)c(-c3ccccc3)c(N)c(-c3ccccc3)c2-c2ccccc2)cc1.c1ccc(-n2c3ccccc3c3ccccc32)cc1. The molecule has 10 rings (SSSR count).